The molecule has 5 rings (SSSR count). The van der Waals surface area contributed by atoms with Crippen molar-refractivity contribution in [1.82, 2.24) is 9.38 Å². The van der Waals surface area contributed by atoms with Crippen molar-refractivity contribution in [3.63, 3.8) is 0 Å². The van der Waals surface area contributed by atoms with Crippen LogP contribution < -0.4 is 14.3 Å². The van der Waals surface area contributed by atoms with Gasteiger partial charge in [-0.15, -0.1) is 0 Å². The Labute approximate surface area is 190 Å². The Kier molecular flexibility index (Phi) is 4.91. The van der Waals surface area contributed by atoms with Gasteiger partial charge in [-0.3, -0.25) is 14.9 Å². The summed E-state index contributed by atoms with van der Waals surface area (Å²) < 4.78 is 32.8. The maximum Gasteiger partial charge on any atom is 0.346 e. The first-order valence-electron chi connectivity index (χ1n) is 9.54. The number of nitrogens with zero attached hydrogens (tertiary/aromatic N) is 3. The fraction of sp³-hybridized carbons (Fsp3) is 0. The van der Waals surface area contributed by atoms with E-state index in [2.05, 4.69) is 4.98 Å². The zero-order valence-electron chi connectivity index (χ0n) is 16.6. The van der Waals surface area contributed by atoms with Crippen molar-refractivity contribution in [3.05, 3.63) is 103 Å². The second-order valence-corrected chi connectivity index (χ2v) is 9.46. The van der Waals surface area contributed by atoms with Crippen molar-refractivity contribution in [2.75, 3.05) is 0 Å². The molecule has 0 N–H and O–H groups in total. The third-order valence-corrected chi connectivity index (χ3v) is 7.13. The van der Waals surface area contributed by atoms with E-state index in [1.54, 1.807) is 24.3 Å². The second-order valence-electron chi connectivity index (χ2n) is 6.93. The number of nitro groups is 1. The van der Waals surface area contributed by atoms with Crippen LogP contribution in [0.1, 0.15) is 5.56 Å². The molecule has 0 amide bonds. The Balaban J connectivity index is 1.61. The number of thiazole rings is 1. The smallest absolute Gasteiger partial charge is 0.346 e. The van der Waals surface area contributed by atoms with Crippen LogP contribution in [0, 0.1) is 10.1 Å². The number of fused-ring (bicyclic) bond motifs is 3. The zero-order valence-corrected chi connectivity index (χ0v) is 18.2. The molecule has 11 heteroatoms. The quantitative estimate of drug-likeness (QED) is 0.216. The van der Waals surface area contributed by atoms with Gasteiger partial charge in [0, 0.05) is 11.6 Å². The lowest BCUT2D eigenvalue weighted by atomic mass is 10.2. The largest absolute Gasteiger partial charge is 0.378 e. The van der Waals surface area contributed by atoms with Crippen LogP contribution in [0.25, 0.3) is 22.1 Å². The van der Waals surface area contributed by atoms with Gasteiger partial charge in [0.2, 0.25) is 0 Å². The number of rotatable bonds is 5. The number of para-hydroxylation sites is 4. The van der Waals surface area contributed by atoms with Crippen molar-refractivity contribution >= 4 is 49.2 Å². The van der Waals surface area contributed by atoms with E-state index in [0.29, 0.717) is 26.1 Å². The molecule has 0 aliphatic heterocycles. The highest BCUT2D eigenvalue weighted by atomic mass is 32.2. The van der Waals surface area contributed by atoms with Crippen LogP contribution in [0.3, 0.4) is 0 Å². The third kappa shape index (κ3) is 3.62. The van der Waals surface area contributed by atoms with E-state index in [1.807, 2.05) is 18.2 Å². The molecule has 0 atom stereocenters. The molecule has 0 saturated carbocycles. The molecule has 0 radical (unpaired) electrons. The maximum atomic E-state index is 13.0. The molecule has 164 valence electrons. The summed E-state index contributed by atoms with van der Waals surface area (Å²) in [6.07, 6.45) is 1.51. The van der Waals surface area contributed by atoms with Crippen molar-refractivity contribution in [2.24, 2.45) is 0 Å². The van der Waals surface area contributed by atoms with Gasteiger partial charge in [0.1, 0.15) is 5.75 Å². The molecule has 0 saturated heterocycles. The van der Waals surface area contributed by atoms with Gasteiger partial charge < -0.3 is 4.18 Å². The molecule has 0 spiro atoms. The molecule has 0 aliphatic rings. The summed E-state index contributed by atoms with van der Waals surface area (Å²) in [6, 6.07) is 18.4. The minimum absolute atomic E-state index is 0.0639. The van der Waals surface area contributed by atoms with E-state index in [9.17, 15) is 23.3 Å². The average molecular weight is 479 g/mol. The van der Waals surface area contributed by atoms with Gasteiger partial charge in [-0.1, -0.05) is 53.8 Å². The number of hydrogen-bond acceptors (Lipinski definition) is 8. The molecule has 5 aromatic rings. The molecule has 2 aromatic heterocycles. The van der Waals surface area contributed by atoms with E-state index in [1.165, 1.54) is 28.7 Å². The Morgan fingerprint density at radius 3 is 2.52 bits per heavy atom. The summed E-state index contributed by atoms with van der Waals surface area (Å²) in [6.45, 7) is 0. The van der Waals surface area contributed by atoms with Gasteiger partial charge in [0.25, 0.3) is 11.2 Å². The monoisotopic (exact) mass is 479 g/mol. The predicted molar refractivity (Wildman–Crippen MR) is 123 cm³/mol. The first-order valence-corrected chi connectivity index (χ1v) is 11.8. The topological polar surface area (TPSA) is 121 Å². The van der Waals surface area contributed by atoms with Crippen LogP contribution in [0.15, 0.2) is 82.5 Å². The summed E-state index contributed by atoms with van der Waals surface area (Å²) in [7, 11) is -4.51. The summed E-state index contributed by atoms with van der Waals surface area (Å²) in [5, 5.41) is 11.3. The van der Waals surface area contributed by atoms with Gasteiger partial charge in [-0.05, 0) is 30.3 Å². The fourth-order valence-corrected chi connectivity index (χ4v) is 5.51. The van der Waals surface area contributed by atoms with E-state index in [4.69, 9.17) is 4.18 Å². The predicted octanol–water partition coefficient (Wildman–Crippen LogP) is 3.13. The van der Waals surface area contributed by atoms with E-state index in [-0.39, 0.29) is 11.3 Å². The third-order valence-electron chi connectivity index (χ3n) is 4.88. The van der Waals surface area contributed by atoms with E-state index < -0.39 is 25.6 Å². The molecular formula is C22H13N3O6S2. The zero-order chi connectivity index (χ0) is 23.2. The molecular weight excluding hydrogens is 466 g/mol. The average Bonchev–Trinajstić information content (AvgIpc) is 3.31. The Morgan fingerprint density at radius 2 is 1.70 bits per heavy atom. The van der Waals surface area contributed by atoms with Gasteiger partial charge in [-0.25, -0.2) is 9.38 Å². The molecule has 33 heavy (non-hydrogen) atoms. The number of benzene rings is 3. The lowest BCUT2D eigenvalue weighted by Gasteiger charge is -2.09. The van der Waals surface area contributed by atoms with Crippen molar-refractivity contribution in [2.45, 2.75) is 4.90 Å². The molecule has 3 aromatic carbocycles. The second kappa shape index (κ2) is 7.80. The highest BCUT2D eigenvalue weighted by molar-refractivity contribution is 7.87. The van der Waals surface area contributed by atoms with Crippen molar-refractivity contribution in [3.8, 4) is 5.75 Å². The maximum absolute atomic E-state index is 13.0. The molecule has 0 bridgehead atoms. The van der Waals surface area contributed by atoms with Crippen molar-refractivity contribution < 1.29 is 17.5 Å². The SMILES string of the molecule is O=c1c(=Cc2ccccc2OS(=O)(=O)c2ccccc2[N+](=O)[O-])sc2nc3ccccc3n12. The van der Waals surface area contributed by atoms with Gasteiger partial charge in [-0.2, -0.15) is 8.42 Å². The van der Waals surface area contributed by atoms with Crippen LogP contribution in [0.5, 0.6) is 5.75 Å². The summed E-state index contributed by atoms with van der Waals surface area (Å²) >= 11 is 1.16. The van der Waals surface area contributed by atoms with Crippen LogP contribution >= 0.6 is 11.3 Å². The fourth-order valence-electron chi connectivity index (χ4n) is 3.41. The standard InChI is InChI=1S/C22H13N3O6S2/c26-21-19(32-22-23-15-8-2-3-9-16(15)24(21)22)13-14-7-1-5-11-18(14)31-33(29,30)20-12-6-4-10-17(20)25(27)28/h1-13H. The first-order chi connectivity index (χ1) is 15.8. The summed E-state index contributed by atoms with van der Waals surface area (Å²) in [5.74, 6) is -0.0639. The highest BCUT2D eigenvalue weighted by Gasteiger charge is 2.27. The van der Waals surface area contributed by atoms with E-state index in [0.717, 1.165) is 23.5 Å². The molecule has 0 aliphatic carbocycles. The molecule has 2 heterocycles. The lowest BCUT2D eigenvalue weighted by molar-refractivity contribution is -0.387. The Bertz CT molecular complexity index is 1770. The van der Waals surface area contributed by atoms with Crippen LogP contribution in [0.4, 0.5) is 5.69 Å². The highest BCUT2D eigenvalue weighted by Crippen LogP contribution is 2.28. The summed E-state index contributed by atoms with van der Waals surface area (Å²) in [4.78, 5) is 27.9. The number of imidazole rings is 1. The summed E-state index contributed by atoms with van der Waals surface area (Å²) in [5.41, 5.74) is 0.821. The molecule has 0 fully saturated rings. The van der Waals surface area contributed by atoms with Crippen molar-refractivity contribution in [1.29, 1.82) is 0 Å². The Hall–Kier alpha value is -4.09. The molecule has 9 nitrogen and oxygen atoms in total. The van der Waals surface area contributed by atoms with E-state index >= 15 is 0 Å². The van der Waals surface area contributed by atoms with Gasteiger partial charge in [0.15, 0.2) is 9.86 Å². The minimum atomic E-state index is -4.51. The minimum Gasteiger partial charge on any atom is -0.378 e. The number of aromatic nitrogens is 2. The Morgan fingerprint density at radius 1 is 1.00 bits per heavy atom. The van der Waals surface area contributed by atoms with Crippen LogP contribution in [0.2, 0.25) is 0 Å². The first kappa shape index (κ1) is 20.8. The lowest BCUT2D eigenvalue weighted by Crippen LogP contribution is -2.22. The normalized spacial score (nSPS) is 12.4. The van der Waals surface area contributed by atoms with Gasteiger partial charge in [0.05, 0.1) is 20.5 Å². The number of hydrogen-bond donors (Lipinski definition) is 0. The van der Waals surface area contributed by atoms with Gasteiger partial charge >= 0.3 is 10.1 Å². The number of nitro benzene ring substituents is 1. The van der Waals surface area contributed by atoms with Crippen LogP contribution in [-0.4, -0.2) is 22.7 Å². The van der Waals surface area contributed by atoms with Crippen LogP contribution in [-0.2, 0) is 10.1 Å². The molecule has 0 unspecified atom stereocenters.